The standard InChI is InChI=1S/C11H15BrN2O/c1-11(2,3)9-6-4-5-8(7-9)10(15)13-14-12/h4-7,14H,1-3H3,(H,13,15). The molecule has 0 aromatic heterocycles. The number of carbonyl (C=O) groups excluding carboxylic acids is 1. The monoisotopic (exact) mass is 270 g/mol. The van der Waals surface area contributed by atoms with Gasteiger partial charge < -0.3 is 0 Å². The second kappa shape index (κ2) is 4.77. The molecule has 4 heteroatoms. The normalized spacial score (nSPS) is 11.2. The first-order valence-electron chi connectivity index (χ1n) is 4.71. The largest absolute Gasteiger partial charge is 0.277 e. The second-order valence-electron chi connectivity index (χ2n) is 4.38. The smallest absolute Gasteiger partial charge is 0.266 e. The third-order valence-electron chi connectivity index (χ3n) is 2.15. The van der Waals surface area contributed by atoms with Gasteiger partial charge in [-0.05, 0) is 23.1 Å². The molecule has 0 heterocycles. The van der Waals surface area contributed by atoms with Gasteiger partial charge in [-0.25, -0.2) is 0 Å². The Hall–Kier alpha value is -0.870. The summed E-state index contributed by atoms with van der Waals surface area (Å²) in [5.41, 5.74) is 4.31. The van der Waals surface area contributed by atoms with E-state index in [1.807, 2.05) is 18.2 Å². The third-order valence-corrected chi connectivity index (χ3v) is 2.35. The molecule has 82 valence electrons. The molecule has 0 saturated carbocycles. The summed E-state index contributed by atoms with van der Waals surface area (Å²) >= 11 is 2.92. The molecule has 3 nitrogen and oxygen atoms in total. The predicted molar refractivity (Wildman–Crippen MR) is 64.7 cm³/mol. The molecule has 0 aliphatic rings. The van der Waals surface area contributed by atoms with Gasteiger partial charge in [-0.1, -0.05) is 32.9 Å². The summed E-state index contributed by atoms with van der Waals surface area (Å²) < 4.78 is 2.44. The summed E-state index contributed by atoms with van der Waals surface area (Å²) in [5.74, 6) is -0.155. The molecule has 0 radical (unpaired) electrons. The molecule has 1 aromatic rings. The maximum absolute atomic E-state index is 11.5. The van der Waals surface area contributed by atoms with Gasteiger partial charge in [0.05, 0.1) is 0 Å². The fraction of sp³-hybridized carbons (Fsp3) is 0.364. The SMILES string of the molecule is CC(C)(C)c1cccc(C(=O)NNBr)c1. The zero-order valence-electron chi connectivity index (χ0n) is 9.10. The Bertz CT molecular complexity index is 358. The van der Waals surface area contributed by atoms with Crippen LogP contribution in [0.15, 0.2) is 24.3 Å². The van der Waals surface area contributed by atoms with Crippen molar-refractivity contribution in [2.24, 2.45) is 0 Å². The van der Waals surface area contributed by atoms with Gasteiger partial charge in [0.25, 0.3) is 5.91 Å². The van der Waals surface area contributed by atoms with Crippen LogP contribution in [0.2, 0.25) is 0 Å². The van der Waals surface area contributed by atoms with Crippen molar-refractivity contribution in [3.05, 3.63) is 35.4 Å². The van der Waals surface area contributed by atoms with E-state index in [9.17, 15) is 4.79 Å². The molecule has 0 spiro atoms. The van der Waals surface area contributed by atoms with Gasteiger partial charge >= 0.3 is 0 Å². The summed E-state index contributed by atoms with van der Waals surface area (Å²) in [7, 11) is 0. The van der Waals surface area contributed by atoms with E-state index in [1.54, 1.807) is 6.07 Å². The molecule has 2 N–H and O–H groups in total. The topological polar surface area (TPSA) is 41.1 Å². The van der Waals surface area contributed by atoms with Crippen molar-refractivity contribution in [1.29, 1.82) is 0 Å². The number of nitrogens with one attached hydrogen (secondary N) is 2. The van der Waals surface area contributed by atoms with E-state index in [0.29, 0.717) is 5.56 Å². The van der Waals surface area contributed by atoms with Gasteiger partial charge in [-0.15, -0.1) is 0 Å². The van der Waals surface area contributed by atoms with Crippen molar-refractivity contribution in [2.45, 2.75) is 26.2 Å². The van der Waals surface area contributed by atoms with Crippen LogP contribution in [-0.4, -0.2) is 5.91 Å². The summed E-state index contributed by atoms with van der Waals surface area (Å²) in [6, 6.07) is 7.61. The first-order valence-corrected chi connectivity index (χ1v) is 5.51. The molecule has 0 aliphatic carbocycles. The number of rotatable bonds is 2. The number of amides is 1. The zero-order valence-corrected chi connectivity index (χ0v) is 10.7. The molecule has 1 rings (SSSR count). The summed E-state index contributed by atoms with van der Waals surface area (Å²) in [4.78, 5) is 11.5. The van der Waals surface area contributed by atoms with E-state index < -0.39 is 0 Å². The van der Waals surface area contributed by atoms with Gasteiger partial charge in [-0.2, -0.15) is 4.45 Å². The number of benzene rings is 1. The highest BCUT2D eigenvalue weighted by Gasteiger charge is 2.15. The predicted octanol–water partition coefficient (Wildman–Crippen LogP) is 2.53. The van der Waals surface area contributed by atoms with Gasteiger partial charge in [-0.3, -0.25) is 10.2 Å². The van der Waals surface area contributed by atoms with Gasteiger partial charge in [0.1, 0.15) is 0 Å². The van der Waals surface area contributed by atoms with Gasteiger partial charge in [0.2, 0.25) is 0 Å². The van der Waals surface area contributed by atoms with E-state index in [2.05, 4.69) is 46.8 Å². The fourth-order valence-corrected chi connectivity index (χ4v) is 1.42. The molecule has 0 bridgehead atoms. The highest BCUT2D eigenvalue weighted by molar-refractivity contribution is 9.08. The molecule has 0 fully saturated rings. The van der Waals surface area contributed by atoms with Crippen LogP contribution < -0.4 is 9.88 Å². The van der Waals surface area contributed by atoms with Crippen molar-refractivity contribution in [3.8, 4) is 0 Å². The molecular weight excluding hydrogens is 256 g/mol. The van der Waals surface area contributed by atoms with Crippen LogP contribution in [0.25, 0.3) is 0 Å². The summed E-state index contributed by atoms with van der Waals surface area (Å²) in [6.45, 7) is 6.35. The lowest BCUT2D eigenvalue weighted by atomic mass is 9.86. The maximum Gasteiger partial charge on any atom is 0.266 e. The Kier molecular flexibility index (Phi) is 3.88. The van der Waals surface area contributed by atoms with Gasteiger partial charge in [0.15, 0.2) is 0 Å². The lowest BCUT2D eigenvalue weighted by molar-refractivity contribution is 0.0948. The van der Waals surface area contributed by atoms with Crippen molar-refractivity contribution in [1.82, 2.24) is 9.88 Å². The molecule has 0 unspecified atom stereocenters. The quantitative estimate of drug-likeness (QED) is 0.641. The van der Waals surface area contributed by atoms with Crippen molar-refractivity contribution in [2.75, 3.05) is 0 Å². The fourth-order valence-electron chi connectivity index (χ4n) is 1.24. The van der Waals surface area contributed by atoms with Crippen LogP contribution in [0.1, 0.15) is 36.7 Å². The van der Waals surface area contributed by atoms with Crippen LogP contribution in [0, 0.1) is 0 Å². The Morgan fingerprint density at radius 1 is 1.33 bits per heavy atom. The van der Waals surface area contributed by atoms with Gasteiger partial charge in [0, 0.05) is 21.7 Å². The molecule has 0 aliphatic heterocycles. The molecule has 1 amide bonds. The van der Waals surface area contributed by atoms with Crippen molar-refractivity contribution >= 4 is 22.1 Å². The lowest BCUT2D eigenvalue weighted by Gasteiger charge is -2.19. The number of hydrogen-bond donors (Lipinski definition) is 2. The number of hydrogen-bond acceptors (Lipinski definition) is 2. The van der Waals surface area contributed by atoms with E-state index in [4.69, 9.17) is 0 Å². The van der Waals surface area contributed by atoms with E-state index in [0.717, 1.165) is 5.56 Å². The second-order valence-corrected chi connectivity index (χ2v) is 4.78. The summed E-state index contributed by atoms with van der Waals surface area (Å²) in [5, 5.41) is 0. The van der Waals surface area contributed by atoms with Crippen LogP contribution in [-0.2, 0) is 5.41 Å². The van der Waals surface area contributed by atoms with Crippen LogP contribution in [0.4, 0.5) is 0 Å². The van der Waals surface area contributed by atoms with Crippen molar-refractivity contribution < 1.29 is 4.79 Å². The number of halogens is 1. The summed E-state index contributed by atoms with van der Waals surface area (Å²) in [6.07, 6.45) is 0. The molecule has 0 saturated heterocycles. The highest BCUT2D eigenvalue weighted by atomic mass is 79.9. The van der Waals surface area contributed by atoms with Crippen LogP contribution >= 0.6 is 16.1 Å². The zero-order chi connectivity index (χ0) is 11.5. The highest BCUT2D eigenvalue weighted by Crippen LogP contribution is 2.22. The average Bonchev–Trinajstić information content (AvgIpc) is 2.17. The number of carbonyl (C=O) groups is 1. The third kappa shape index (κ3) is 3.32. The lowest BCUT2D eigenvalue weighted by Crippen LogP contribution is -2.30. The maximum atomic E-state index is 11.5. The molecule has 0 atom stereocenters. The Morgan fingerprint density at radius 2 is 2.00 bits per heavy atom. The van der Waals surface area contributed by atoms with Crippen molar-refractivity contribution in [3.63, 3.8) is 0 Å². The molecule has 15 heavy (non-hydrogen) atoms. The molecule has 1 aromatic carbocycles. The minimum absolute atomic E-state index is 0.0537. The van der Waals surface area contributed by atoms with Crippen LogP contribution in [0.5, 0.6) is 0 Å². The van der Waals surface area contributed by atoms with E-state index >= 15 is 0 Å². The first-order chi connectivity index (χ1) is 6.95. The van der Waals surface area contributed by atoms with E-state index in [1.165, 1.54) is 0 Å². The molecular formula is C11H15BrN2O. The van der Waals surface area contributed by atoms with Crippen LogP contribution in [0.3, 0.4) is 0 Å². The minimum atomic E-state index is -0.155. The minimum Gasteiger partial charge on any atom is -0.277 e. The van der Waals surface area contributed by atoms with E-state index in [-0.39, 0.29) is 11.3 Å². The first kappa shape index (κ1) is 12.2. The Balaban J connectivity index is 2.98. The average molecular weight is 271 g/mol. The Morgan fingerprint density at radius 3 is 2.53 bits per heavy atom. The number of hydrazine groups is 1. The Labute approximate surface area is 98.6 Å².